The number of carbonyl (C=O) groups excluding carboxylic acids is 1. The predicted octanol–water partition coefficient (Wildman–Crippen LogP) is 3.33. The van der Waals surface area contributed by atoms with Crippen molar-refractivity contribution in [1.82, 2.24) is 15.6 Å². The summed E-state index contributed by atoms with van der Waals surface area (Å²) in [5, 5.41) is 7.38. The van der Waals surface area contributed by atoms with E-state index < -0.39 is 0 Å². The smallest absolute Gasteiger partial charge is 0.224 e. The molecule has 6 heteroatoms. The van der Waals surface area contributed by atoms with Crippen molar-refractivity contribution in [3.8, 4) is 10.6 Å². The van der Waals surface area contributed by atoms with Gasteiger partial charge in [-0.3, -0.25) is 4.79 Å². The van der Waals surface area contributed by atoms with Gasteiger partial charge in [0.1, 0.15) is 5.01 Å². The molecule has 0 spiro atoms. The Kier molecular flexibility index (Phi) is 6.16. The van der Waals surface area contributed by atoms with Crippen molar-refractivity contribution < 1.29 is 4.79 Å². The molecule has 1 aliphatic heterocycles. The van der Waals surface area contributed by atoms with Crippen molar-refractivity contribution in [3.05, 3.63) is 40.9 Å². The van der Waals surface area contributed by atoms with Crippen LogP contribution < -0.4 is 10.6 Å². The number of nitrogens with zero attached hydrogens (tertiary/aromatic N) is 1. The third-order valence-corrected chi connectivity index (χ3v) is 5.43. The molecule has 4 nitrogen and oxygen atoms in total. The number of amides is 1. The Morgan fingerprint density at radius 3 is 2.78 bits per heavy atom. The van der Waals surface area contributed by atoms with Crippen LogP contribution in [0, 0.1) is 12.8 Å². The summed E-state index contributed by atoms with van der Waals surface area (Å²) in [7, 11) is 0. The number of halogens is 1. The number of aromatic nitrogens is 1. The van der Waals surface area contributed by atoms with Crippen molar-refractivity contribution in [2.24, 2.45) is 5.92 Å². The Morgan fingerprint density at radius 1 is 1.39 bits per heavy atom. The molecule has 1 aliphatic rings. The number of thiazole rings is 1. The lowest BCUT2D eigenvalue weighted by molar-refractivity contribution is -0.125. The molecule has 2 aromatic rings. The van der Waals surface area contributed by atoms with Gasteiger partial charge in [-0.1, -0.05) is 30.3 Å². The lowest BCUT2D eigenvalue weighted by Crippen LogP contribution is -2.33. The average molecular weight is 352 g/mol. The van der Waals surface area contributed by atoms with Crippen LogP contribution in [0.2, 0.25) is 0 Å². The molecule has 1 aromatic heterocycles. The largest absolute Gasteiger partial charge is 0.348 e. The van der Waals surface area contributed by atoms with Crippen LogP contribution in [0.5, 0.6) is 0 Å². The molecule has 1 fully saturated rings. The first-order chi connectivity index (χ1) is 10.6. The van der Waals surface area contributed by atoms with E-state index in [1.807, 2.05) is 32.0 Å². The van der Waals surface area contributed by atoms with E-state index in [2.05, 4.69) is 27.8 Å². The third kappa shape index (κ3) is 4.10. The Labute approximate surface area is 147 Å². The van der Waals surface area contributed by atoms with Crippen LogP contribution in [0.4, 0.5) is 0 Å². The van der Waals surface area contributed by atoms with E-state index in [1.165, 1.54) is 0 Å². The van der Waals surface area contributed by atoms with Gasteiger partial charge in [0.05, 0.1) is 22.5 Å². The quantitative estimate of drug-likeness (QED) is 0.888. The van der Waals surface area contributed by atoms with Crippen LogP contribution in [0.25, 0.3) is 10.6 Å². The SMILES string of the molecule is Cc1nc(-c2ccccc2)sc1C(C)NC(=O)C1CCNC1.Cl. The number of rotatable bonds is 4. The van der Waals surface area contributed by atoms with E-state index in [0.29, 0.717) is 0 Å². The number of hydrogen-bond donors (Lipinski definition) is 2. The number of nitrogens with one attached hydrogen (secondary N) is 2. The van der Waals surface area contributed by atoms with Crippen LogP contribution in [-0.4, -0.2) is 24.0 Å². The first kappa shape index (κ1) is 17.9. The lowest BCUT2D eigenvalue weighted by atomic mass is 10.1. The summed E-state index contributed by atoms with van der Waals surface area (Å²) >= 11 is 1.66. The van der Waals surface area contributed by atoms with Crippen LogP contribution >= 0.6 is 23.7 Å². The Balaban J connectivity index is 0.00000192. The fraction of sp³-hybridized carbons (Fsp3) is 0.412. The van der Waals surface area contributed by atoms with E-state index >= 15 is 0 Å². The molecule has 0 aliphatic carbocycles. The summed E-state index contributed by atoms with van der Waals surface area (Å²) in [6.45, 7) is 5.77. The molecular weight excluding hydrogens is 330 g/mol. The van der Waals surface area contributed by atoms with Crippen molar-refractivity contribution in [2.75, 3.05) is 13.1 Å². The average Bonchev–Trinajstić information content (AvgIpc) is 3.17. The van der Waals surface area contributed by atoms with Crippen LogP contribution in [0.15, 0.2) is 30.3 Å². The maximum absolute atomic E-state index is 12.3. The molecular formula is C17H22ClN3OS. The highest BCUT2D eigenvalue weighted by atomic mass is 35.5. The van der Waals surface area contributed by atoms with Crippen LogP contribution in [0.1, 0.15) is 30.0 Å². The molecule has 124 valence electrons. The Bertz CT molecular complexity index is 653. The first-order valence-corrected chi connectivity index (χ1v) is 8.50. The summed E-state index contributed by atoms with van der Waals surface area (Å²) in [4.78, 5) is 18.0. The van der Waals surface area contributed by atoms with E-state index in [4.69, 9.17) is 0 Å². The molecule has 23 heavy (non-hydrogen) atoms. The van der Waals surface area contributed by atoms with Gasteiger partial charge in [-0.2, -0.15) is 0 Å². The summed E-state index contributed by atoms with van der Waals surface area (Å²) in [5.41, 5.74) is 2.13. The maximum atomic E-state index is 12.3. The van der Waals surface area contributed by atoms with Gasteiger partial charge < -0.3 is 10.6 Å². The van der Waals surface area contributed by atoms with E-state index in [9.17, 15) is 4.79 Å². The molecule has 3 rings (SSSR count). The van der Waals surface area contributed by atoms with Gasteiger partial charge in [-0.05, 0) is 26.8 Å². The fourth-order valence-electron chi connectivity index (χ4n) is 2.79. The van der Waals surface area contributed by atoms with E-state index in [0.717, 1.165) is 40.7 Å². The summed E-state index contributed by atoms with van der Waals surface area (Å²) < 4.78 is 0. The second kappa shape index (κ2) is 7.90. The van der Waals surface area contributed by atoms with Gasteiger partial charge in [-0.25, -0.2) is 4.98 Å². The summed E-state index contributed by atoms with van der Waals surface area (Å²) in [5.74, 6) is 0.246. The number of hydrogen-bond acceptors (Lipinski definition) is 4. The van der Waals surface area contributed by atoms with Crippen LogP contribution in [-0.2, 0) is 4.79 Å². The van der Waals surface area contributed by atoms with Gasteiger partial charge in [0.15, 0.2) is 0 Å². The van der Waals surface area contributed by atoms with Crippen molar-refractivity contribution in [2.45, 2.75) is 26.3 Å². The molecule has 2 heterocycles. The van der Waals surface area contributed by atoms with Crippen molar-refractivity contribution >= 4 is 29.7 Å². The fourth-order valence-corrected chi connectivity index (χ4v) is 3.86. The zero-order valence-corrected chi connectivity index (χ0v) is 15.0. The minimum atomic E-state index is 0. The van der Waals surface area contributed by atoms with E-state index in [1.54, 1.807) is 11.3 Å². The van der Waals surface area contributed by atoms with Gasteiger partial charge in [0, 0.05) is 12.1 Å². The topological polar surface area (TPSA) is 54.0 Å². The van der Waals surface area contributed by atoms with Crippen molar-refractivity contribution in [1.29, 1.82) is 0 Å². The molecule has 1 saturated heterocycles. The zero-order chi connectivity index (χ0) is 15.5. The molecule has 1 aromatic carbocycles. The van der Waals surface area contributed by atoms with Gasteiger partial charge in [0.2, 0.25) is 5.91 Å². The zero-order valence-electron chi connectivity index (χ0n) is 13.3. The summed E-state index contributed by atoms with van der Waals surface area (Å²) in [6, 6.07) is 10.2. The number of carbonyl (C=O) groups is 1. The third-order valence-electron chi connectivity index (χ3n) is 4.04. The second-order valence-electron chi connectivity index (χ2n) is 5.75. The molecule has 0 radical (unpaired) electrons. The molecule has 2 atom stereocenters. The molecule has 0 bridgehead atoms. The summed E-state index contributed by atoms with van der Waals surface area (Å²) in [6.07, 6.45) is 0.926. The van der Waals surface area contributed by atoms with Gasteiger partial charge in [0.25, 0.3) is 0 Å². The number of benzene rings is 1. The second-order valence-corrected chi connectivity index (χ2v) is 6.79. The highest BCUT2D eigenvalue weighted by molar-refractivity contribution is 7.15. The van der Waals surface area contributed by atoms with E-state index in [-0.39, 0.29) is 30.3 Å². The number of aryl methyl sites for hydroxylation is 1. The standard InChI is InChI=1S/C17H21N3OS.ClH/c1-11(19-16(21)14-8-9-18-10-14)15-12(2)20-17(22-15)13-6-4-3-5-7-13;/h3-7,11,14,18H,8-10H2,1-2H3,(H,19,21);1H. The minimum absolute atomic E-state index is 0. The lowest BCUT2D eigenvalue weighted by Gasteiger charge is -2.15. The Morgan fingerprint density at radius 2 is 2.13 bits per heavy atom. The highest BCUT2D eigenvalue weighted by Gasteiger charge is 2.25. The molecule has 1 amide bonds. The Hall–Kier alpha value is -1.43. The van der Waals surface area contributed by atoms with Crippen molar-refractivity contribution in [3.63, 3.8) is 0 Å². The highest BCUT2D eigenvalue weighted by Crippen LogP contribution is 2.31. The minimum Gasteiger partial charge on any atom is -0.348 e. The molecule has 0 saturated carbocycles. The predicted molar refractivity (Wildman–Crippen MR) is 97.1 cm³/mol. The molecule has 2 N–H and O–H groups in total. The molecule has 2 unspecified atom stereocenters. The maximum Gasteiger partial charge on any atom is 0.224 e. The van der Waals surface area contributed by atoms with Gasteiger partial charge >= 0.3 is 0 Å². The first-order valence-electron chi connectivity index (χ1n) is 7.69. The van der Waals surface area contributed by atoms with Crippen LogP contribution in [0.3, 0.4) is 0 Å². The van der Waals surface area contributed by atoms with Gasteiger partial charge in [-0.15, -0.1) is 23.7 Å². The monoisotopic (exact) mass is 351 g/mol. The normalized spacial score (nSPS) is 18.3.